The van der Waals surface area contributed by atoms with Crippen molar-refractivity contribution < 1.29 is 4.39 Å². The highest BCUT2D eigenvalue weighted by Crippen LogP contribution is 2.28. The van der Waals surface area contributed by atoms with Gasteiger partial charge >= 0.3 is 0 Å². The molecule has 2 aromatic carbocycles. The lowest BCUT2D eigenvalue weighted by atomic mass is 9.98. The van der Waals surface area contributed by atoms with Gasteiger partial charge in [0.15, 0.2) is 0 Å². The molecule has 0 amide bonds. The highest BCUT2D eigenvalue weighted by atomic mass is 35.5. The third kappa shape index (κ3) is 2.55. The van der Waals surface area contributed by atoms with Gasteiger partial charge in [0.25, 0.3) is 0 Å². The van der Waals surface area contributed by atoms with Crippen LogP contribution in [0.2, 0.25) is 5.02 Å². The van der Waals surface area contributed by atoms with E-state index in [-0.39, 0.29) is 5.82 Å². The van der Waals surface area contributed by atoms with E-state index in [1.165, 1.54) is 6.07 Å². The Hall–Kier alpha value is -1.38. The first-order valence-electron chi connectivity index (χ1n) is 5.82. The summed E-state index contributed by atoms with van der Waals surface area (Å²) in [6.45, 7) is 2.48. The van der Waals surface area contributed by atoms with E-state index in [0.29, 0.717) is 12.1 Å². The van der Waals surface area contributed by atoms with Crippen molar-refractivity contribution in [2.24, 2.45) is 0 Å². The topological polar surface area (TPSA) is 12.0 Å². The Kier molecular flexibility index (Phi) is 4.00. The first-order chi connectivity index (χ1) is 8.63. The number of hydrogen-bond acceptors (Lipinski definition) is 1. The second kappa shape index (κ2) is 5.51. The van der Waals surface area contributed by atoms with Crippen molar-refractivity contribution in [1.82, 2.24) is 5.32 Å². The fourth-order valence-electron chi connectivity index (χ4n) is 1.99. The van der Waals surface area contributed by atoms with Crippen molar-refractivity contribution in [1.29, 1.82) is 0 Å². The molecule has 0 unspecified atom stereocenters. The standard InChI is InChI=1S/C15H15ClFN/c1-10-13(4-3-5-15(10)17)11-6-7-14(16)12(8-11)9-18-2/h3-8,18H,9H2,1-2H3. The molecule has 3 heteroatoms. The third-order valence-electron chi connectivity index (χ3n) is 2.99. The van der Waals surface area contributed by atoms with Gasteiger partial charge in [0.2, 0.25) is 0 Å². The maximum absolute atomic E-state index is 13.6. The van der Waals surface area contributed by atoms with Gasteiger partial charge in [-0.25, -0.2) is 4.39 Å². The fraction of sp³-hybridized carbons (Fsp3) is 0.200. The van der Waals surface area contributed by atoms with E-state index in [9.17, 15) is 4.39 Å². The van der Waals surface area contributed by atoms with Gasteiger partial charge in [0, 0.05) is 11.6 Å². The molecular weight excluding hydrogens is 249 g/mol. The summed E-state index contributed by atoms with van der Waals surface area (Å²) in [4.78, 5) is 0. The van der Waals surface area contributed by atoms with Crippen LogP contribution in [-0.2, 0) is 6.54 Å². The Morgan fingerprint density at radius 3 is 2.72 bits per heavy atom. The van der Waals surface area contributed by atoms with Gasteiger partial charge in [-0.1, -0.05) is 29.8 Å². The van der Waals surface area contributed by atoms with E-state index in [1.807, 2.05) is 31.3 Å². The van der Waals surface area contributed by atoms with Gasteiger partial charge in [-0.15, -0.1) is 0 Å². The van der Waals surface area contributed by atoms with Crippen LogP contribution in [0.5, 0.6) is 0 Å². The molecule has 0 spiro atoms. The van der Waals surface area contributed by atoms with Crippen LogP contribution < -0.4 is 5.32 Å². The predicted octanol–water partition coefficient (Wildman–Crippen LogP) is 4.17. The molecule has 0 aliphatic rings. The monoisotopic (exact) mass is 263 g/mol. The molecule has 0 saturated carbocycles. The van der Waals surface area contributed by atoms with Gasteiger partial charge in [0.1, 0.15) is 5.82 Å². The van der Waals surface area contributed by atoms with Gasteiger partial charge in [-0.05, 0) is 54.4 Å². The summed E-state index contributed by atoms with van der Waals surface area (Å²) < 4.78 is 13.6. The average molecular weight is 264 g/mol. The molecule has 18 heavy (non-hydrogen) atoms. The van der Waals surface area contributed by atoms with Gasteiger partial charge in [-0.2, -0.15) is 0 Å². The van der Waals surface area contributed by atoms with Gasteiger partial charge in [-0.3, -0.25) is 0 Å². The smallest absolute Gasteiger partial charge is 0.126 e. The lowest BCUT2D eigenvalue weighted by molar-refractivity contribution is 0.619. The van der Waals surface area contributed by atoms with E-state index < -0.39 is 0 Å². The van der Waals surface area contributed by atoms with Crippen LogP contribution in [0.1, 0.15) is 11.1 Å². The van der Waals surface area contributed by atoms with Gasteiger partial charge in [0.05, 0.1) is 0 Å². The second-order valence-corrected chi connectivity index (χ2v) is 4.66. The van der Waals surface area contributed by atoms with Crippen molar-refractivity contribution in [3.8, 4) is 11.1 Å². The molecule has 94 valence electrons. The molecule has 0 aliphatic heterocycles. The van der Waals surface area contributed by atoms with Crippen LogP contribution in [-0.4, -0.2) is 7.05 Å². The quantitative estimate of drug-likeness (QED) is 0.876. The lowest BCUT2D eigenvalue weighted by Gasteiger charge is -2.10. The Bertz CT molecular complexity index is 566. The largest absolute Gasteiger partial charge is 0.316 e. The zero-order valence-corrected chi connectivity index (χ0v) is 11.2. The summed E-state index contributed by atoms with van der Waals surface area (Å²) in [6, 6.07) is 10.9. The summed E-state index contributed by atoms with van der Waals surface area (Å²) in [6.07, 6.45) is 0. The Morgan fingerprint density at radius 1 is 1.22 bits per heavy atom. The molecule has 0 aliphatic carbocycles. The molecule has 0 radical (unpaired) electrons. The number of nitrogens with one attached hydrogen (secondary N) is 1. The zero-order valence-electron chi connectivity index (χ0n) is 10.4. The highest BCUT2D eigenvalue weighted by molar-refractivity contribution is 6.31. The molecule has 2 aromatic rings. The lowest BCUT2D eigenvalue weighted by Crippen LogP contribution is -2.05. The minimum Gasteiger partial charge on any atom is -0.316 e. The van der Waals surface area contributed by atoms with Crippen LogP contribution in [0.4, 0.5) is 4.39 Å². The van der Waals surface area contributed by atoms with Crippen molar-refractivity contribution in [2.45, 2.75) is 13.5 Å². The molecule has 0 atom stereocenters. The molecular formula is C15H15ClFN. The maximum atomic E-state index is 13.6. The SMILES string of the molecule is CNCc1cc(-c2cccc(F)c2C)ccc1Cl. The maximum Gasteiger partial charge on any atom is 0.126 e. The van der Waals surface area contributed by atoms with E-state index in [1.54, 1.807) is 13.0 Å². The summed E-state index contributed by atoms with van der Waals surface area (Å²) in [7, 11) is 1.87. The summed E-state index contributed by atoms with van der Waals surface area (Å²) in [5.74, 6) is -0.183. The minimum atomic E-state index is -0.183. The van der Waals surface area contributed by atoms with Crippen LogP contribution >= 0.6 is 11.6 Å². The van der Waals surface area contributed by atoms with Crippen molar-refractivity contribution >= 4 is 11.6 Å². The molecule has 0 fully saturated rings. The summed E-state index contributed by atoms with van der Waals surface area (Å²) in [5, 5.41) is 3.80. The van der Waals surface area contributed by atoms with E-state index in [2.05, 4.69) is 5.32 Å². The molecule has 0 bridgehead atoms. The average Bonchev–Trinajstić information content (AvgIpc) is 2.36. The molecule has 1 nitrogen and oxygen atoms in total. The molecule has 0 aromatic heterocycles. The Balaban J connectivity index is 2.51. The predicted molar refractivity (Wildman–Crippen MR) is 74.3 cm³/mol. The molecule has 1 N–H and O–H groups in total. The van der Waals surface area contributed by atoms with Crippen molar-refractivity contribution in [3.05, 3.63) is 58.4 Å². The normalized spacial score (nSPS) is 10.7. The highest BCUT2D eigenvalue weighted by Gasteiger charge is 2.08. The van der Waals surface area contributed by atoms with E-state index in [0.717, 1.165) is 21.7 Å². The van der Waals surface area contributed by atoms with Crippen molar-refractivity contribution in [3.63, 3.8) is 0 Å². The van der Waals surface area contributed by atoms with Crippen molar-refractivity contribution in [2.75, 3.05) is 7.05 Å². The number of rotatable bonds is 3. The van der Waals surface area contributed by atoms with Crippen LogP contribution in [0.25, 0.3) is 11.1 Å². The van der Waals surface area contributed by atoms with Crippen LogP contribution in [0.3, 0.4) is 0 Å². The summed E-state index contributed by atoms with van der Waals surface area (Å²) in [5.41, 5.74) is 3.57. The second-order valence-electron chi connectivity index (χ2n) is 4.25. The van der Waals surface area contributed by atoms with E-state index >= 15 is 0 Å². The number of halogens is 2. The fourth-order valence-corrected chi connectivity index (χ4v) is 2.17. The van der Waals surface area contributed by atoms with E-state index in [4.69, 9.17) is 11.6 Å². The molecule has 0 saturated heterocycles. The third-order valence-corrected chi connectivity index (χ3v) is 3.36. The number of benzene rings is 2. The molecule has 0 heterocycles. The summed E-state index contributed by atoms with van der Waals surface area (Å²) >= 11 is 6.12. The minimum absolute atomic E-state index is 0.183. The van der Waals surface area contributed by atoms with Gasteiger partial charge < -0.3 is 5.32 Å². The Labute approximate surface area is 112 Å². The Morgan fingerprint density at radius 2 is 2.00 bits per heavy atom. The first-order valence-corrected chi connectivity index (χ1v) is 6.20. The van der Waals surface area contributed by atoms with Crippen LogP contribution in [0.15, 0.2) is 36.4 Å². The first kappa shape index (κ1) is 13.1. The van der Waals surface area contributed by atoms with Crippen LogP contribution in [0, 0.1) is 12.7 Å². The zero-order chi connectivity index (χ0) is 13.1. The molecule has 2 rings (SSSR count). The number of hydrogen-bond donors (Lipinski definition) is 1.